The summed E-state index contributed by atoms with van der Waals surface area (Å²) in [5.41, 5.74) is 2.97. The second-order valence-electron chi connectivity index (χ2n) is 9.18. The van der Waals surface area contributed by atoms with Gasteiger partial charge in [0.1, 0.15) is 13.2 Å². The van der Waals surface area contributed by atoms with Crippen molar-refractivity contribution in [2.24, 2.45) is 5.92 Å². The Morgan fingerprint density at radius 3 is 2.64 bits per heavy atom. The van der Waals surface area contributed by atoms with E-state index in [1.807, 2.05) is 54.3 Å². The highest BCUT2D eigenvalue weighted by Gasteiger charge is 2.37. The predicted molar refractivity (Wildman–Crippen MR) is 126 cm³/mol. The number of carbonyl (C=O) groups is 2. The van der Waals surface area contributed by atoms with Crippen LogP contribution in [0.2, 0.25) is 0 Å². The summed E-state index contributed by atoms with van der Waals surface area (Å²) in [6.07, 6.45) is 3.57. The molecule has 3 aliphatic heterocycles. The minimum atomic E-state index is -0.167. The van der Waals surface area contributed by atoms with E-state index < -0.39 is 0 Å². The van der Waals surface area contributed by atoms with Crippen LogP contribution in [0.5, 0.6) is 11.5 Å². The summed E-state index contributed by atoms with van der Waals surface area (Å²) in [5.74, 6) is 1.51. The molecule has 3 aliphatic rings. The van der Waals surface area contributed by atoms with E-state index in [-0.39, 0.29) is 23.9 Å². The van der Waals surface area contributed by atoms with Gasteiger partial charge in [-0.1, -0.05) is 18.2 Å². The van der Waals surface area contributed by atoms with E-state index in [9.17, 15) is 9.59 Å². The number of amides is 3. The first-order chi connectivity index (χ1) is 16.1. The van der Waals surface area contributed by atoms with Gasteiger partial charge in [-0.05, 0) is 68.0 Å². The average molecular weight is 450 g/mol. The first kappa shape index (κ1) is 21.6. The van der Waals surface area contributed by atoms with Crippen LogP contribution in [0.15, 0.2) is 42.5 Å². The molecular formula is C26H31N3O4. The summed E-state index contributed by atoms with van der Waals surface area (Å²) in [6, 6.07) is 13.7. The first-order valence-electron chi connectivity index (χ1n) is 11.9. The number of carbonyl (C=O) groups excluding carboxylic acids is 2. The molecular weight excluding hydrogens is 418 g/mol. The molecule has 2 aromatic rings. The molecule has 2 atom stereocenters. The topological polar surface area (TPSA) is 71.1 Å². The lowest BCUT2D eigenvalue weighted by Gasteiger charge is -2.36. The fraction of sp³-hybridized carbons (Fsp3) is 0.462. The van der Waals surface area contributed by atoms with Gasteiger partial charge in [-0.25, -0.2) is 4.79 Å². The van der Waals surface area contributed by atoms with Crippen LogP contribution < -0.4 is 14.8 Å². The summed E-state index contributed by atoms with van der Waals surface area (Å²) in [4.78, 5) is 30.2. The lowest BCUT2D eigenvalue weighted by atomic mass is 9.95. The van der Waals surface area contributed by atoms with E-state index in [0.29, 0.717) is 26.3 Å². The van der Waals surface area contributed by atoms with Crippen molar-refractivity contribution in [3.63, 3.8) is 0 Å². The highest BCUT2D eigenvalue weighted by molar-refractivity contribution is 5.90. The van der Waals surface area contributed by atoms with Crippen molar-refractivity contribution >= 4 is 17.6 Å². The molecule has 5 rings (SSSR count). The van der Waals surface area contributed by atoms with Gasteiger partial charge in [-0.15, -0.1) is 0 Å². The Kier molecular flexibility index (Phi) is 6.11. The van der Waals surface area contributed by atoms with Crippen LogP contribution in [0.4, 0.5) is 10.5 Å². The molecule has 0 spiro atoms. The standard InChI is InChI=1S/C26H31N3O4/c1-18-5-2-7-21(15-18)27-26(31)28-11-3-6-20(17-28)25(30)29-12-4-8-22(29)19-9-10-23-24(16-19)33-14-13-32-23/h2,5,7,9-10,15-16,20,22H,3-4,6,8,11-14,17H2,1H3,(H,27,31)/t20-,22-/m0/s1. The molecule has 7 nitrogen and oxygen atoms in total. The zero-order chi connectivity index (χ0) is 22.8. The largest absolute Gasteiger partial charge is 0.486 e. The number of benzene rings is 2. The van der Waals surface area contributed by atoms with E-state index in [4.69, 9.17) is 9.47 Å². The van der Waals surface area contributed by atoms with Gasteiger partial charge < -0.3 is 24.6 Å². The highest BCUT2D eigenvalue weighted by atomic mass is 16.6. The second kappa shape index (κ2) is 9.33. The van der Waals surface area contributed by atoms with Crippen molar-refractivity contribution in [2.75, 3.05) is 38.2 Å². The molecule has 3 amide bonds. The summed E-state index contributed by atoms with van der Waals surface area (Å²) < 4.78 is 11.4. The Morgan fingerprint density at radius 1 is 0.970 bits per heavy atom. The number of aryl methyl sites for hydroxylation is 1. The number of fused-ring (bicyclic) bond motifs is 1. The van der Waals surface area contributed by atoms with Crippen LogP contribution in [0.25, 0.3) is 0 Å². The maximum Gasteiger partial charge on any atom is 0.321 e. The zero-order valence-corrected chi connectivity index (χ0v) is 19.1. The van der Waals surface area contributed by atoms with Crippen molar-refractivity contribution in [1.29, 1.82) is 0 Å². The van der Waals surface area contributed by atoms with Gasteiger partial charge in [0.15, 0.2) is 11.5 Å². The van der Waals surface area contributed by atoms with Crippen LogP contribution in [0, 0.1) is 12.8 Å². The van der Waals surface area contributed by atoms with Gasteiger partial charge >= 0.3 is 6.03 Å². The minimum absolute atomic E-state index is 0.0461. The monoisotopic (exact) mass is 449 g/mol. The lowest BCUT2D eigenvalue weighted by Crippen LogP contribution is -2.47. The van der Waals surface area contributed by atoms with Crippen LogP contribution in [0.3, 0.4) is 0 Å². The molecule has 2 fully saturated rings. The Labute approximate surface area is 194 Å². The molecule has 0 aliphatic carbocycles. The third-order valence-electron chi connectivity index (χ3n) is 6.81. The number of nitrogens with zero attached hydrogens (tertiary/aromatic N) is 2. The van der Waals surface area contributed by atoms with Gasteiger partial charge in [0.2, 0.25) is 5.91 Å². The molecule has 174 valence electrons. The number of likely N-dealkylation sites (tertiary alicyclic amines) is 2. The van der Waals surface area contributed by atoms with Gasteiger partial charge in [0, 0.05) is 25.3 Å². The molecule has 0 radical (unpaired) electrons. The van der Waals surface area contributed by atoms with E-state index in [1.54, 1.807) is 4.90 Å². The Bertz CT molecular complexity index is 1040. The maximum absolute atomic E-state index is 13.6. The fourth-order valence-corrected chi connectivity index (χ4v) is 5.17. The first-order valence-corrected chi connectivity index (χ1v) is 11.9. The minimum Gasteiger partial charge on any atom is -0.486 e. The molecule has 0 bridgehead atoms. The van der Waals surface area contributed by atoms with Gasteiger partial charge in [-0.3, -0.25) is 4.79 Å². The average Bonchev–Trinajstić information content (AvgIpc) is 3.33. The van der Waals surface area contributed by atoms with Crippen LogP contribution in [-0.4, -0.2) is 54.6 Å². The van der Waals surface area contributed by atoms with E-state index >= 15 is 0 Å². The quantitative estimate of drug-likeness (QED) is 0.755. The zero-order valence-electron chi connectivity index (χ0n) is 19.1. The summed E-state index contributed by atoms with van der Waals surface area (Å²) in [6.45, 7) is 5.00. The number of piperidine rings is 1. The number of hydrogen-bond donors (Lipinski definition) is 1. The normalized spacial score (nSPS) is 22.2. The van der Waals surface area contributed by atoms with Crippen molar-refractivity contribution in [3.05, 3.63) is 53.6 Å². The maximum atomic E-state index is 13.6. The summed E-state index contributed by atoms with van der Waals surface area (Å²) in [7, 11) is 0. The fourth-order valence-electron chi connectivity index (χ4n) is 5.17. The van der Waals surface area contributed by atoms with Crippen molar-refractivity contribution in [2.45, 2.75) is 38.6 Å². The Hall–Kier alpha value is -3.22. The molecule has 0 aromatic heterocycles. The van der Waals surface area contributed by atoms with Crippen molar-refractivity contribution < 1.29 is 19.1 Å². The summed E-state index contributed by atoms with van der Waals surface area (Å²) >= 11 is 0. The highest BCUT2D eigenvalue weighted by Crippen LogP contribution is 2.39. The number of rotatable bonds is 3. The SMILES string of the molecule is Cc1cccc(NC(=O)N2CCC[C@H](C(=O)N3CCC[C@H]3c3ccc4c(c3)OCCO4)C2)c1. The number of ether oxygens (including phenoxy) is 2. The van der Waals surface area contributed by atoms with E-state index in [1.165, 1.54) is 0 Å². The molecule has 0 saturated carbocycles. The number of hydrogen-bond acceptors (Lipinski definition) is 4. The van der Waals surface area contributed by atoms with Crippen LogP contribution in [-0.2, 0) is 4.79 Å². The van der Waals surface area contributed by atoms with Crippen molar-refractivity contribution in [3.8, 4) is 11.5 Å². The molecule has 1 N–H and O–H groups in total. The number of nitrogens with one attached hydrogen (secondary N) is 1. The second-order valence-corrected chi connectivity index (χ2v) is 9.18. The van der Waals surface area contributed by atoms with Gasteiger partial charge in [0.25, 0.3) is 0 Å². The van der Waals surface area contributed by atoms with Gasteiger partial charge in [-0.2, -0.15) is 0 Å². The lowest BCUT2D eigenvalue weighted by molar-refractivity contribution is -0.137. The Morgan fingerprint density at radius 2 is 1.79 bits per heavy atom. The number of urea groups is 1. The molecule has 7 heteroatoms. The van der Waals surface area contributed by atoms with Crippen molar-refractivity contribution in [1.82, 2.24) is 9.80 Å². The van der Waals surface area contributed by atoms with Crippen LogP contribution in [0.1, 0.15) is 42.9 Å². The molecule has 2 aromatic carbocycles. The molecule has 33 heavy (non-hydrogen) atoms. The van der Waals surface area contributed by atoms with E-state index in [2.05, 4.69) is 5.32 Å². The molecule has 2 saturated heterocycles. The summed E-state index contributed by atoms with van der Waals surface area (Å²) in [5, 5.41) is 2.98. The van der Waals surface area contributed by atoms with Crippen LogP contribution >= 0.6 is 0 Å². The molecule has 0 unspecified atom stereocenters. The third kappa shape index (κ3) is 4.63. The number of anilines is 1. The Balaban J connectivity index is 1.26. The third-order valence-corrected chi connectivity index (χ3v) is 6.81. The van der Waals surface area contributed by atoms with E-state index in [0.717, 1.165) is 60.5 Å². The molecule has 3 heterocycles. The predicted octanol–water partition coefficient (Wildman–Crippen LogP) is 4.37. The van der Waals surface area contributed by atoms with Gasteiger partial charge in [0.05, 0.1) is 12.0 Å². The smallest absolute Gasteiger partial charge is 0.321 e.